The summed E-state index contributed by atoms with van der Waals surface area (Å²) in [7, 11) is 1.65. The molecule has 0 aliphatic rings. The zero-order valence-electron chi connectivity index (χ0n) is 10.3. The van der Waals surface area contributed by atoms with E-state index in [4.69, 9.17) is 15.2 Å². The molecule has 0 radical (unpaired) electrons. The number of nitrogens with two attached hydrogens (primary N) is 1. The summed E-state index contributed by atoms with van der Waals surface area (Å²) in [5, 5.41) is 0. The lowest BCUT2D eigenvalue weighted by Crippen LogP contribution is -2.15. The van der Waals surface area contributed by atoms with Gasteiger partial charge in [0.2, 0.25) is 0 Å². The fourth-order valence-corrected chi connectivity index (χ4v) is 1.54. The summed E-state index contributed by atoms with van der Waals surface area (Å²) in [4.78, 5) is 0. The van der Waals surface area contributed by atoms with Gasteiger partial charge in [0.25, 0.3) is 0 Å². The van der Waals surface area contributed by atoms with E-state index in [0.717, 1.165) is 24.3 Å². The predicted octanol–water partition coefficient (Wildman–Crippen LogP) is 2.37. The zero-order chi connectivity index (χ0) is 12.0. The number of rotatable bonds is 6. The molecule has 1 aromatic rings. The van der Waals surface area contributed by atoms with Gasteiger partial charge in [-0.05, 0) is 44.4 Å². The minimum absolute atomic E-state index is 0.234. The Hall–Kier alpha value is -1.22. The van der Waals surface area contributed by atoms with Crippen molar-refractivity contribution in [3.63, 3.8) is 0 Å². The number of hydrogen-bond acceptors (Lipinski definition) is 3. The minimum Gasteiger partial charge on any atom is -0.493 e. The van der Waals surface area contributed by atoms with Crippen LogP contribution in [0.15, 0.2) is 18.2 Å². The highest BCUT2D eigenvalue weighted by atomic mass is 16.5. The molecule has 0 amide bonds. The maximum Gasteiger partial charge on any atom is 0.161 e. The molecule has 90 valence electrons. The Balaban J connectivity index is 2.76. The molecule has 3 nitrogen and oxygen atoms in total. The largest absolute Gasteiger partial charge is 0.493 e. The summed E-state index contributed by atoms with van der Waals surface area (Å²) in [5.41, 5.74) is 6.97. The fraction of sp³-hybridized carbons (Fsp3) is 0.538. The van der Waals surface area contributed by atoms with Crippen molar-refractivity contribution >= 4 is 0 Å². The molecule has 1 unspecified atom stereocenters. The van der Waals surface area contributed by atoms with Gasteiger partial charge in [-0.2, -0.15) is 0 Å². The van der Waals surface area contributed by atoms with Gasteiger partial charge < -0.3 is 15.2 Å². The summed E-state index contributed by atoms with van der Waals surface area (Å²) in [6, 6.07) is 6.27. The normalized spacial score (nSPS) is 12.2. The van der Waals surface area contributed by atoms with E-state index in [1.54, 1.807) is 7.11 Å². The van der Waals surface area contributed by atoms with Crippen molar-refractivity contribution in [2.24, 2.45) is 5.73 Å². The average molecular weight is 223 g/mol. The van der Waals surface area contributed by atoms with Crippen LogP contribution in [0.2, 0.25) is 0 Å². The predicted molar refractivity (Wildman–Crippen MR) is 66.1 cm³/mol. The van der Waals surface area contributed by atoms with E-state index in [1.165, 1.54) is 5.56 Å². The van der Waals surface area contributed by atoms with Crippen LogP contribution in [0.5, 0.6) is 11.5 Å². The Kier molecular flexibility index (Phi) is 5.12. The summed E-state index contributed by atoms with van der Waals surface area (Å²) in [6.45, 7) is 4.63. The third-order valence-corrected chi connectivity index (χ3v) is 2.42. The van der Waals surface area contributed by atoms with Gasteiger partial charge in [0, 0.05) is 6.04 Å². The van der Waals surface area contributed by atoms with Crippen molar-refractivity contribution in [2.75, 3.05) is 13.7 Å². The van der Waals surface area contributed by atoms with Gasteiger partial charge >= 0.3 is 0 Å². The zero-order valence-corrected chi connectivity index (χ0v) is 10.3. The first kappa shape index (κ1) is 12.8. The van der Waals surface area contributed by atoms with Gasteiger partial charge in [-0.15, -0.1) is 0 Å². The summed E-state index contributed by atoms with van der Waals surface area (Å²) >= 11 is 0. The lowest BCUT2D eigenvalue weighted by Gasteiger charge is -2.11. The SMILES string of the molecule is CCOc1cc(CCC(C)N)ccc1OC. The Bertz CT molecular complexity index is 324. The molecule has 0 aromatic heterocycles. The Morgan fingerprint density at radius 3 is 2.62 bits per heavy atom. The lowest BCUT2D eigenvalue weighted by atomic mass is 10.1. The summed E-state index contributed by atoms with van der Waals surface area (Å²) in [6.07, 6.45) is 1.96. The van der Waals surface area contributed by atoms with Crippen LogP contribution in [0.25, 0.3) is 0 Å². The number of aryl methyl sites for hydroxylation is 1. The van der Waals surface area contributed by atoms with Crippen molar-refractivity contribution in [3.8, 4) is 11.5 Å². The Labute approximate surface area is 97.6 Å². The molecule has 1 aromatic carbocycles. The number of benzene rings is 1. The van der Waals surface area contributed by atoms with Crippen molar-refractivity contribution in [2.45, 2.75) is 32.7 Å². The van der Waals surface area contributed by atoms with E-state index >= 15 is 0 Å². The highest BCUT2D eigenvalue weighted by Crippen LogP contribution is 2.28. The van der Waals surface area contributed by atoms with Crippen molar-refractivity contribution in [1.82, 2.24) is 0 Å². The molecule has 0 fully saturated rings. The van der Waals surface area contributed by atoms with Crippen LogP contribution in [-0.2, 0) is 6.42 Å². The highest BCUT2D eigenvalue weighted by molar-refractivity contribution is 5.43. The van der Waals surface area contributed by atoms with Crippen LogP contribution in [0.1, 0.15) is 25.8 Å². The van der Waals surface area contributed by atoms with Gasteiger partial charge in [-0.25, -0.2) is 0 Å². The van der Waals surface area contributed by atoms with E-state index < -0.39 is 0 Å². The average Bonchev–Trinajstić information content (AvgIpc) is 2.27. The molecule has 0 spiro atoms. The Morgan fingerprint density at radius 2 is 2.06 bits per heavy atom. The molecule has 3 heteroatoms. The monoisotopic (exact) mass is 223 g/mol. The van der Waals surface area contributed by atoms with E-state index in [2.05, 4.69) is 6.07 Å². The molecular formula is C13H21NO2. The first-order valence-electron chi connectivity index (χ1n) is 5.72. The number of hydrogen-bond donors (Lipinski definition) is 1. The fourth-order valence-electron chi connectivity index (χ4n) is 1.54. The van der Waals surface area contributed by atoms with Gasteiger partial charge in [0.15, 0.2) is 11.5 Å². The van der Waals surface area contributed by atoms with E-state index in [1.807, 2.05) is 26.0 Å². The highest BCUT2D eigenvalue weighted by Gasteiger charge is 2.05. The number of ether oxygens (including phenoxy) is 2. The van der Waals surface area contributed by atoms with Crippen LogP contribution in [-0.4, -0.2) is 19.8 Å². The van der Waals surface area contributed by atoms with Crippen molar-refractivity contribution in [3.05, 3.63) is 23.8 Å². The van der Waals surface area contributed by atoms with Crippen LogP contribution >= 0.6 is 0 Å². The standard InChI is InChI=1S/C13H21NO2/c1-4-16-13-9-11(6-5-10(2)14)7-8-12(13)15-3/h7-10H,4-6,14H2,1-3H3. The quantitative estimate of drug-likeness (QED) is 0.805. The molecule has 0 saturated heterocycles. The van der Waals surface area contributed by atoms with Gasteiger partial charge in [-0.1, -0.05) is 6.07 Å². The Morgan fingerprint density at radius 1 is 1.31 bits per heavy atom. The number of methoxy groups -OCH3 is 1. The molecule has 0 aliphatic carbocycles. The molecule has 0 heterocycles. The van der Waals surface area contributed by atoms with Crippen LogP contribution in [0, 0.1) is 0 Å². The lowest BCUT2D eigenvalue weighted by molar-refractivity contribution is 0.310. The van der Waals surface area contributed by atoms with E-state index in [0.29, 0.717) is 6.61 Å². The first-order valence-corrected chi connectivity index (χ1v) is 5.72. The molecule has 0 aliphatic heterocycles. The second-order valence-electron chi connectivity index (χ2n) is 3.93. The molecule has 1 atom stereocenters. The molecular weight excluding hydrogens is 202 g/mol. The smallest absolute Gasteiger partial charge is 0.161 e. The van der Waals surface area contributed by atoms with Gasteiger partial charge in [0.1, 0.15) is 0 Å². The molecule has 0 bridgehead atoms. The topological polar surface area (TPSA) is 44.5 Å². The maximum atomic E-state index is 5.74. The molecule has 16 heavy (non-hydrogen) atoms. The second kappa shape index (κ2) is 6.38. The van der Waals surface area contributed by atoms with E-state index in [-0.39, 0.29) is 6.04 Å². The molecule has 1 rings (SSSR count). The van der Waals surface area contributed by atoms with Crippen LogP contribution in [0.3, 0.4) is 0 Å². The van der Waals surface area contributed by atoms with Crippen molar-refractivity contribution in [1.29, 1.82) is 0 Å². The third kappa shape index (κ3) is 3.74. The van der Waals surface area contributed by atoms with Crippen LogP contribution < -0.4 is 15.2 Å². The summed E-state index contributed by atoms with van der Waals surface area (Å²) < 4.78 is 10.7. The summed E-state index contributed by atoms with van der Waals surface area (Å²) in [5.74, 6) is 1.60. The van der Waals surface area contributed by atoms with Crippen LogP contribution in [0.4, 0.5) is 0 Å². The van der Waals surface area contributed by atoms with Gasteiger partial charge in [0.05, 0.1) is 13.7 Å². The van der Waals surface area contributed by atoms with Gasteiger partial charge in [-0.3, -0.25) is 0 Å². The second-order valence-corrected chi connectivity index (χ2v) is 3.93. The third-order valence-electron chi connectivity index (χ3n) is 2.42. The molecule has 0 saturated carbocycles. The maximum absolute atomic E-state index is 5.74. The minimum atomic E-state index is 0.234. The van der Waals surface area contributed by atoms with Crippen molar-refractivity contribution < 1.29 is 9.47 Å². The van der Waals surface area contributed by atoms with E-state index in [9.17, 15) is 0 Å². The first-order chi connectivity index (χ1) is 7.67. The molecule has 2 N–H and O–H groups in total.